The number of nitrogens with two attached hydrogens (primary N) is 2. The van der Waals surface area contributed by atoms with E-state index in [2.05, 4.69) is 0 Å². The van der Waals surface area contributed by atoms with E-state index in [9.17, 15) is 9.46 Å². The van der Waals surface area contributed by atoms with Gasteiger partial charge < -0.3 is 9.46 Å². The molecular formula is C14H17N2O2PS2. The van der Waals surface area contributed by atoms with Gasteiger partial charge in [0.2, 0.25) is 5.84 Å². The van der Waals surface area contributed by atoms with Crippen molar-refractivity contribution in [3.05, 3.63) is 60.7 Å². The summed E-state index contributed by atoms with van der Waals surface area (Å²) in [6, 6.07) is 18.2. The monoisotopic (exact) mass is 340 g/mol. The molecule has 112 valence electrons. The molecule has 0 aliphatic heterocycles. The SMILES string of the molecule is CC(N)=[NH2+].O=P([O-])(Sc1ccccc1)Sc1ccccc1. The Balaban J connectivity index is 0.000000491. The van der Waals surface area contributed by atoms with Crippen LogP contribution in [0.3, 0.4) is 0 Å². The van der Waals surface area contributed by atoms with Gasteiger partial charge in [0.15, 0.2) is 0 Å². The number of rotatable bonds is 4. The van der Waals surface area contributed by atoms with Crippen molar-refractivity contribution in [1.82, 2.24) is 0 Å². The molecule has 2 aromatic carbocycles. The van der Waals surface area contributed by atoms with Crippen LogP contribution in [0.2, 0.25) is 0 Å². The summed E-state index contributed by atoms with van der Waals surface area (Å²) in [5.74, 6) is -3.14. The molecule has 0 amide bonds. The Labute approximate surface area is 132 Å². The van der Waals surface area contributed by atoms with E-state index in [1.807, 2.05) is 36.4 Å². The molecule has 0 aliphatic carbocycles. The highest BCUT2D eigenvalue weighted by Crippen LogP contribution is 2.66. The summed E-state index contributed by atoms with van der Waals surface area (Å²) in [6.45, 7) is 1.64. The maximum atomic E-state index is 11.9. The summed E-state index contributed by atoms with van der Waals surface area (Å²) in [4.78, 5) is 13.4. The molecule has 0 heterocycles. The Hall–Kier alpha value is -1.20. The van der Waals surface area contributed by atoms with Crippen LogP contribution in [0.5, 0.6) is 0 Å². The minimum atomic E-state index is -3.55. The zero-order chi connectivity index (χ0) is 15.7. The summed E-state index contributed by atoms with van der Waals surface area (Å²) in [5.41, 5.74) is 4.81. The van der Waals surface area contributed by atoms with Crippen molar-refractivity contribution in [2.75, 3.05) is 0 Å². The molecule has 0 aliphatic rings. The molecule has 0 atom stereocenters. The standard InChI is InChI=1S/C12H11O2PS2.C2H6N2/c13-15(14,16-11-7-3-1-4-8-11)17-12-9-5-2-6-10-12;1-2(3)4/h1-10H,(H,13,14);1H3,(H3,3,4). The average molecular weight is 340 g/mol. The third kappa shape index (κ3) is 8.63. The molecule has 0 radical (unpaired) electrons. The predicted molar refractivity (Wildman–Crippen MR) is 89.0 cm³/mol. The largest absolute Gasteiger partial charge is 0.783 e. The molecule has 0 fully saturated rings. The van der Waals surface area contributed by atoms with Gasteiger partial charge in [0.1, 0.15) is 5.77 Å². The third-order valence-corrected chi connectivity index (χ3v) is 7.28. The molecule has 21 heavy (non-hydrogen) atoms. The van der Waals surface area contributed by atoms with Crippen molar-refractivity contribution in [1.29, 1.82) is 0 Å². The lowest BCUT2D eigenvalue weighted by molar-refractivity contribution is -0.161. The second kappa shape index (κ2) is 8.95. The van der Waals surface area contributed by atoms with Crippen LogP contribution in [0.25, 0.3) is 0 Å². The molecule has 7 heteroatoms. The van der Waals surface area contributed by atoms with Gasteiger partial charge in [-0.3, -0.25) is 11.1 Å². The maximum absolute atomic E-state index is 11.9. The van der Waals surface area contributed by atoms with Gasteiger partial charge >= 0.3 is 0 Å². The Kier molecular flexibility index (Phi) is 7.61. The molecule has 0 saturated heterocycles. The van der Waals surface area contributed by atoms with E-state index >= 15 is 0 Å². The summed E-state index contributed by atoms with van der Waals surface area (Å²) in [6.07, 6.45) is 0. The van der Waals surface area contributed by atoms with Crippen LogP contribution in [0.1, 0.15) is 6.92 Å². The lowest BCUT2D eigenvalue weighted by Crippen LogP contribution is -2.43. The van der Waals surface area contributed by atoms with Gasteiger partial charge in [-0.05, 0) is 24.3 Å². The molecular weight excluding hydrogens is 323 g/mol. The topological polar surface area (TPSA) is 91.7 Å². The Morgan fingerprint density at radius 3 is 1.57 bits per heavy atom. The van der Waals surface area contributed by atoms with E-state index in [4.69, 9.17) is 11.1 Å². The Bertz CT molecular complexity index is 559. The van der Waals surface area contributed by atoms with Gasteiger partial charge in [0.05, 0.1) is 0 Å². The normalized spacial score (nSPS) is 10.4. The second-order valence-corrected chi connectivity index (χ2v) is 10.9. The van der Waals surface area contributed by atoms with Crippen LogP contribution < -0.4 is 16.0 Å². The predicted octanol–water partition coefficient (Wildman–Crippen LogP) is 2.16. The van der Waals surface area contributed by atoms with Crippen LogP contribution in [0.4, 0.5) is 0 Å². The fourth-order valence-electron chi connectivity index (χ4n) is 1.24. The minimum Gasteiger partial charge on any atom is -0.783 e. The fourth-order valence-corrected chi connectivity index (χ4v) is 6.63. The Morgan fingerprint density at radius 2 is 1.29 bits per heavy atom. The molecule has 0 unspecified atom stereocenters. The van der Waals surface area contributed by atoms with Crippen molar-refractivity contribution in [2.24, 2.45) is 5.73 Å². The Morgan fingerprint density at radius 1 is 1.00 bits per heavy atom. The lowest BCUT2D eigenvalue weighted by Gasteiger charge is -2.21. The zero-order valence-electron chi connectivity index (χ0n) is 11.5. The van der Waals surface area contributed by atoms with Gasteiger partial charge in [-0.15, -0.1) is 0 Å². The van der Waals surface area contributed by atoms with Crippen LogP contribution >= 0.6 is 28.5 Å². The van der Waals surface area contributed by atoms with Gasteiger partial charge in [-0.25, -0.2) is 0 Å². The van der Waals surface area contributed by atoms with Gasteiger partial charge in [0, 0.05) is 16.7 Å². The quantitative estimate of drug-likeness (QED) is 0.505. The van der Waals surface area contributed by atoms with Gasteiger partial charge in [0.25, 0.3) is 0 Å². The minimum absolute atomic E-state index is 0.417. The van der Waals surface area contributed by atoms with Crippen molar-refractivity contribution < 1.29 is 14.9 Å². The van der Waals surface area contributed by atoms with Crippen LogP contribution in [0, 0.1) is 0 Å². The summed E-state index contributed by atoms with van der Waals surface area (Å²) >= 11 is 1.81. The van der Waals surface area contributed by atoms with Crippen molar-refractivity contribution in [3.63, 3.8) is 0 Å². The number of hydrogen-bond donors (Lipinski definition) is 2. The van der Waals surface area contributed by atoms with E-state index in [1.54, 1.807) is 31.2 Å². The molecule has 2 aromatic rings. The van der Waals surface area contributed by atoms with Crippen LogP contribution in [-0.2, 0) is 4.57 Å². The van der Waals surface area contributed by atoms with E-state index in [0.29, 0.717) is 5.84 Å². The first-order valence-corrected chi connectivity index (χ1v) is 10.5. The summed E-state index contributed by atoms with van der Waals surface area (Å²) in [5, 5.41) is 4.81. The molecule has 0 spiro atoms. The molecule has 0 saturated carbocycles. The van der Waals surface area contributed by atoms with Gasteiger partial charge in [-0.1, -0.05) is 59.2 Å². The van der Waals surface area contributed by atoms with Crippen LogP contribution in [-0.4, -0.2) is 5.84 Å². The number of amidine groups is 1. The third-order valence-electron chi connectivity index (χ3n) is 1.92. The fraction of sp³-hybridized carbons (Fsp3) is 0.0714. The van der Waals surface area contributed by atoms with Crippen molar-refractivity contribution in [3.8, 4) is 0 Å². The average Bonchev–Trinajstić information content (AvgIpc) is 2.39. The summed E-state index contributed by atoms with van der Waals surface area (Å²) < 4.78 is 11.9. The van der Waals surface area contributed by atoms with E-state index in [0.717, 1.165) is 32.6 Å². The molecule has 0 bridgehead atoms. The first kappa shape index (κ1) is 17.9. The van der Waals surface area contributed by atoms with E-state index in [1.165, 1.54) is 0 Å². The molecule has 0 aromatic heterocycles. The number of benzene rings is 2. The van der Waals surface area contributed by atoms with Crippen LogP contribution in [0.15, 0.2) is 70.5 Å². The first-order valence-electron chi connectivity index (χ1n) is 6.04. The first-order chi connectivity index (χ1) is 9.89. The van der Waals surface area contributed by atoms with E-state index in [-0.39, 0.29) is 0 Å². The van der Waals surface area contributed by atoms with E-state index < -0.39 is 5.77 Å². The highest BCUT2D eigenvalue weighted by atomic mass is 33.1. The van der Waals surface area contributed by atoms with Crippen molar-refractivity contribution in [2.45, 2.75) is 16.7 Å². The molecule has 4 N–H and O–H groups in total. The molecule has 2 rings (SSSR count). The molecule has 4 nitrogen and oxygen atoms in total. The second-order valence-electron chi connectivity index (χ2n) is 4.00. The van der Waals surface area contributed by atoms with Gasteiger partial charge in [-0.2, -0.15) is 0 Å². The highest BCUT2D eigenvalue weighted by molar-refractivity contribution is 8.88. The van der Waals surface area contributed by atoms with Crippen molar-refractivity contribution >= 4 is 34.4 Å². The lowest BCUT2D eigenvalue weighted by atomic mass is 10.4. The maximum Gasteiger partial charge on any atom is 0.235 e. The smallest absolute Gasteiger partial charge is 0.235 e. The zero-order valence-corrected chi connectivity index (χ0v) is 14.0. The highest BCUT2D eigenvalue weighted by Gasteiger charge is 2.11. The number of hydrogen-bond acceptors (Lipinski definition) is 4. The summed E-state index contributed by atoms with van der Waals surface area (Å²) in [7, 11) is 0.